The van der Waals surface area contributed by atoms with E-state index in [2.05, 4.69) is 26.3 Å². The fourth-order valence-corrected chi connectivity index (χ4v) is 3.40. The highest BCUT2D eigenvalue weighted by atomic mass is 79.9. The van der Waals surface area contributed by atoms with Gasteiger partial charge in [0, 0.05) is 4.47 Å². The number of carbonyl (C=O) groups is 2. The Bertz CT molecular complexity index is 1020. The quantitative estimate of drug-likeness (QED) is 0.505. The number of halogens is 1. The largest absolute Gasteiger partial charge is 0.381 e. The third kappa shape index (κ3) is 5.10. The Kier molecular flexibility index (Phi) is 6.46. The van der Waals surface area contributed by atoms with E-state index in [1.54, 1.807) is 13.0 Å². The van der Waals surface area contributed by atoms with Gasteiger partial charge in [-0.2, -0.15) is 5.10 Å². The monoisotopic (exact) mass is 456 g/mol. The predicted molar refractivity (Wildman–Crippen MR) is 113 cm³/mol. The summed E-state index contributed by atoms with van der Waals surface area (Å²) < 4.78 is 2.37. The molecular formula is C21H21BrN4O3. The molecule has 1 unspecified atom stereocenters. The molecule has 2 amide bonds. The zero-order chi connectivity index (χ0) is 21.0. The van der Waals surface area contributed by atoms with E-state index in [1.807, 2.05) is 54.6 Å². The molecule has 2 atom stereocenters. The number of aliphatic hydroxyl groups excluding tert-OH is 1. The summed E-state index contributed by atoms with van der Waals surface area (Å²) in [6.07, 6.45) is -1.27. The van der Waals surface area contributed by atoms with Gasteiger partial charge in [0.1, 0.15) is 5.69 Å². The Morgan fingerprint density at radius 1 is 1.17 bits per heavy atom. The molecule has 29 heavy (non-hydrogen) atoms. The number of primary amides is 1. The first-order valence-corrected chi connectivity index (χ1v) is 9.79. The second-order valence-electron chi connectivity index (χ2n) is 6.68. The normalized spacial score (nSPS) is 12.9. The highest BCUT2D eigenvalue weighted by Crippen LogP contribution is 2.18. The van der Waals surface area contributed by atoms with Crippen LogP contribution in [0.2, 0.25) is 0 Å². The minimum atomic E-state index is -1.53. The van der Waals surface area contributed by atoms with Crippen molar-refractivity contribution in [3.8, 4) is 5.69 Å². The second kappa shape index (κ2) is 9.02. The maximum absolute atomic E-state index is 13.0. The van der Waals surface area contributed by atoms with E-state index in [4.69, 9.17) is 5.73 Å². The number of benzene rings is 2. The molecule has 150 valence electrons. The average Bonchev–Trinajstić information content (AvgIpc) is 3.09. The lowest BCUT2D eigenvalue weighted by Gasteiger charge is -2.22. The number of carbonyl (C=O) groups excluding carboxylic acids is 2. The van der Waals surface area contributed by atoms with Crippen LogP contribution in [0.15, 0.2) is 65.1 Å². The maximum atomic E-state index is 13.0. The molecule has 0 aliphatic heterocycles. The Hall–Kier alpha value is -2.97. The lowest BCUT2D eigenvalue weighted by atomic mass is 10.0. The number of nitrogens with zero attached hydrogens (tertiary/aromatic N) is 2. The second-order valence-corrected chi connectivity index (χ2v) is 7.60. The molecule has 3 rings (SSSR count). The van der Waals surface area contributed by atoms with Gasteiger partial charge in [0.25, 0.3) is 5.91 Å². The molecule has 0 saturated heterocycles. The van der Waals surface area contributed by atoms with Crippen LogP contribution >= 0.6 is 15.9 Å². The van der Waals surface area contributed by atoms with E-state index in [9.17, 15) is 14.7 Å². The molecule has 0 aliphatic carbocycles. The SMILES string of the molecule is Cc1cc(C(=O)N[C@@H](Cc2ccccc2)C(O)C(N)=O)n(-c2cccc(Br)c2)n1. The van der Waals surface area contributed by atoms with Crippen LogP contribution in [0.1, 0.15) is 21.7 Å². The summed E-state index contributed by atoms with van der Waals surface area (Å²) in [5, 5.41) is 17.4. The van der Waals surface area contributed by atoms with E-state index in [1.165, 1.54) is 4.68 Å². The molecule has 0 bridgehead atoms. The lowest BCUT2D eigenvalue weighted by molar-refractivity contribution is -0.127. The van der Waals surface area contributed by atoms with E-state index in [-0.39, 0.29) is 12.1 Å². The Labute approximate surface area is 176 Å². The van der Waals surface area contributed by atoms with Crippen LogP contribution in [-0.2, 0) is 11.2 Å². The topological polar surface area (TPSA) is 110 Å². The van der Waals surface area contributed by atoms with Gasteiger partial charge in [-0.3, -0.25) is 9.59 Å². The summed E-state index contributed by atoms with van der Waals surface area (Å²) in [6, 6.07) is 17.4. The van der Waals surface area contributed by atoms with Crippen LogP contribution in [0.4, 0.5) is 0 Å². The van der Waals surface area contributed by atoms with Crippen molar-refractivity contribution in [1.29, 1.82) is 0 Å². The van der Waals surface area contributed by atoms with Gasteiger partial charge in [0.2, 0.25) is 5.91 Å². The molecule has 8 heteroatoms. The van der Waals surface area contributed by atoms with Crippen molar-refractivity contribution in [2.45, 2.75) is 25.5 Å². The number of nitrogens with two attached hydrogens (primary N) is 1. The van der Waals surface area contributed by atoms with E-state index in [0.717, 1.165) is 10.0 Å². The van der Waals surface area contributed by atoms with Crippen molar-refractivity contribution in [3.05, 3.63) is 82.1 Å². The first-order valence-electron chi connectivity index (χ1n) is 9.00. The summed E-state index contributed by atoms with van der Waals surface area (Å²) >= 11 is 3.41. The van der Waals surface area contributed by atoms with Crippen LogP contribution in [-0.4, -0.2) is 38.8 Å². The number of hydrogen-bond acceptors (Lipinski definition) is 4. The average molecular weight is 457 g/mol. The molecule has 0 fully saturated rings. The molecule has 2 aromatic carbocycles. The van der Waals surface area contributed by atoms with Gasteiger partial charge in [-0.25, -0.2) is 4.68 Å². The fourth-order valence-electron chi connectivity index (χ4n) is 3.02. The van der Waals surface area contributed by atoms with Crippen molar-refractivity contribution in [2.24, 2.45) is 5.73 Å². The van der Waals surface area contributed by atoms with E-state index in [0.29, 0.717) is 11.4 Å². The number of aliphatic hydroxyl groups is 1. The third-order valence-corrected chi connectivity index (χ3v) is 4.90. The van der Waals surface area contributed by atoms with Crippen LogP contribution in [0, 0.1) is 6.92 Å². The molecule has 1 heterocycles. The van der Waals surface area contributed by atoms with Gasteiger partial charge in [-0.05, 0) is 43.2 Å². The summed E-state index contributed by atoms with van der Waals surface area (Å²) in [5.74, 6) is -1.37. The number of aryl methyl sites for hydroxylation is 1. The molecule has 1 aromatic heterocycles. The lowest BCUT2D eigenvalue weighted by Crippen LogP contribution is -2.50. The van der Waals surface area contributed by atoms with Crippen LogP contribution in [0.3, 0.4) is 0 Å². The van der Waals surface area contributed by atoms with Crippen molar-refractivity contribution in [3.63, 3.8) is 0 Å². The minimum absolute atomic E-state index is 0.251. The van der Waals surface area contributed by atoms with Crippen molar-refractivity contribution < 1.29 is 14.7 Å². The predicted octanol–water partition coefficient (Wildman–Crippen LogP) is 2.13. The van der Waals surface area contributed by atoms with E-state index < -0.39 is 24.0 Å². The summed E-state index contributed by atoms with van der Waals surface area (Å²) in [4.78, 5) is 24.6. The molecular weight excluding hydrogens is 436 g/mol. The number of rotatable bonds is 7. The number of aromatic nitrogens is 2. The zero-order valence-corrected chi connectivity index (χ0v) is 17.3. The molecule has 0 aliphatic rings. The molecule has 0 radical (unpaired) electrons. The first kappa shape index (κ1) is 20.8. The summed E-state index contributed by atoms with van der Waals surface area (Å²) in [6.45, 7) is 1.78. The fraction of sp³-hybridized carbons (Fsp3) is 0.190. The molecule has 0 spiro atoms. The van der Waals surface area contributed by atoms with Gasteiger partial charge >= 0.3 is 0 Å². The van der Waals surface area contributed by atoms with E-state index >= 15 is 0 Å². The molecule has 0 saturated carbocycles. The highest BCUT2D eigenvalue weighted by Gasteiger charge is 2.28. The number of nitrogens with one attached hydrogen (secondary N) is 1. The van der Waals surface area contributed by atoms with Gasteiger partial charge in [-0.1, -0.05) is 52.3 Å². The number of hydrogen-bond donors (Lipinski definition) is 3. The Morgan fingerprint density at radius 2 is 1.90 bits per heavy atom. The Balaban J connectivity index is 1.89. The van der Waals surface area contributed by atoms with Crippen LogP contribution < -0.4 is 11.1 Å². The van der Waals surface area contributed by atoms with Gasteiger partial charge < -0.3 is 16.2 Å². The number of amides is 2. The summed E-state index contributed by atoms with van der Waals surface area (Å²) in [5.41, 5.74) is 7.79. The summed E-state index contributed by atoms with van der Waals surface area (Å²) in [7, 11) is 0. The smallest absolute Gasteiger partial charge is 0.270 e. The van der Waals surface area contributed by atoms with Crippen molar-refractivity contribution >= 4 is 27.7 Å². The first-order chi connectivity index (χ1) is 13.8. The van der Waals surface area contributed by atoms with Crippen LogP contribution in [0.25, 0.3) is 5.69 Å². The van der Waals surface area contributed by atoms with Gasteiger partial charge in [0.05, 0.1) is 17.4 Å². The maximum Gasteiger partial charge on any atom is 0.270 e. The minimum Gasteiger partial charge on any atom is -0.381 e. The molecule has 7 nitrogen and oxygen atoms in total. The third-order valence-electron chi connectivity index (χ3n) is 4.40. The standard InChI is InChI=1S/C21H21BrN4O3/c1-13-10-18(26(25-13)16-9-5-8-15(22)12-16)21(29)24-17(19(27)20(23)28)11-14-6-3-2-4-7-14/h2-10,12,17,19,27H,11H2,1H3,(H2,23,28)(H,24,29)/t17-,19?/m0/s1. The molecule has 3 aromatic rings. The van der Waals surface area contributed by atoms with Crippen molar-refractivity contribution in [1.82, 2.24) is 15.1 Å². The van der Waals surface area contributed by atoms with Crippen LogP contribution in [0.5, 0.6) is 0 Å². The molecule has 4 N–H and O–H groups in total. The zero-order valence-electron chi connectivity index (χ0n) is 15.7. The highest BCUT2D eigenvalue weighted by molar-refractivity contribution is 9.10. The Morgan fingerprint density at radius 3 is 2.55 bits per heavy atom. The van der Waals surface area contributed by atoms with Gasteiger partial charge in [-0.15, -0.1) is 0 Å². The van der Waals surface area contributed by atoms with Gasteiger partial charge in [0.15, 0.2) is 6.10 Å². The van der Waals surface area contributed by atoms with Crippen molar-refractivity contribution in [2.75, 3.05) is 0 Å².